The van der Waals surface area contributed by atoms with Gasteiger partial charge < -0.3 is 5.32 Å². The smallest absolute Gasteiger partial charge is 0.235 e. The second-order valence-corrected chi connectivity index (χ2v) is 8.76. The van der Waals surface area contributed by atoms with E-state index in [0.717, 1.165) is 21.9 Å². The highest BCUT2D eigenvalue weighted by molar-refractivity contribution is 9.10. The van der Waals surface area contributed by atoms with Crippen LogP contribution >= 0.6 is 15.9 Å². The Morgan fingerprint density at radius 3 is 2.28 bits per heavy atom. The monoisotopic (exact) mass is 424 g/mol. The predicted molar refractivity (Wildman–Crippen MR) is 102 cm³/mol. The van der Waals surface area contributed by atoms with Crippen LogP contribution in [0.5, 0.6) is 0 Å². The third-order valence-corrected chi connectivity index (χ3v) is 5.46. The van der Waals surface area contributed by atoms with Gasteiger partial charge in [-0.05, 0) is 30.2 Å². The van der Waals surface area contributed by atoms with Crippen LogP contribution in [0.2, 0.25) is 0 Å². The lowest BCUT2D eigenvalue weighted by molar-refractivity contribution is -0.122. The Balaban J connectivity index is 2.03. The first kappa shape index (κ1) is 19.6. The maximum absolute atomic E-state index is 12.3. The quantitative estimate of drug-likeness (QED) is 0.742. The van der Waals surface area contributed by atoms with Gasteiger partial charge >= 0.3 is 0 Å². The van der Waals surface area contributed by atoms with E-state index < -0.39 is 10.0 Å². The van der Waals surface area contributed by atoms with Gasteiger partial charge in [0.15, 0.2) is 0 Å². The molecule has 1 amide bonds. The number of halogens is 1. The van der Waals surface area contributed by atoms with E-state index in [1.54, 1.807) is 0 Å². The van der Waals surface area contributed by atoms with Gasteiger partial charge in [0, 0.05) is 11.0 Å². The summed E-state index contributed by atoms with van der Waals surface area (Å²) in [5.74, 6) is -0.336. The van der Waals surface area contributed by atoms with Crippen LogP contribution in [-0.2, 0) is 21.4 Å². The zero-order valence-corrected chi connectivity index (χ0v) is 16.5. The summed E-state index contributed by atoms with van der Waals surface area (Å²) in [5, 5.41) is 2.84. The zero-order chi connectivity index (χ0) is 18.4. The predicted octanol–water partition coefficient (Wildman–Crippen LogP) is 3.09. The zero-order valence-electron chi connectivity index (χ0n) is 14.1. The summed E-state index contributed by atoms with van der Waals surface area (Å²) in [5.41, 5.74) is 1.78. The molecule has 25 heavy (non-hydrogen) atoms. The molecule has 0 unspecified atom stereocenters. The number of hydrogen-bond donors (Lipinski definition) is 1. The van der Waals surface area contributed by atoms with Crippen LogP contribution < -0.4 is 5.32 Å². The first-order valence-electron chi connectivity index (χ1n) is 7.79. The van der Waals surface area contributed by atoms with Gasteiger partial charge in [-0.1, -0.05) is 58.4 Å². The van der Waals surface area contributed by atoms with Gasteiger partial charge in [0.05, 0.1) is 18.8 Å². The number of nitrogens with zero attached hydrogens (tertiary/aromatic N) is 1. The minimum atomic E-state index is -3.50. The molecule has 0 aliphatic carbocycles. The molecule has 0 saturated heterocycles. The average molecular weight is 425 g/mol. The number of carbonyl (C=O) groups is 1. The van der Waals surface area contributed by atoms with Crippen molar-refractivity contribution in [1.82, 2.24) is 9.62 Å². The van der Waals surface area contributed by atoms with Crippen molar-refractivity contribution in [2.24, 2.45) is 0 Å². The molecule has 0 radical (unpaired) electrons. The molecule has 1 atom stereocenters. The molecule has 2 rings (SSSR count). The molecule has 0 saturated carbocycles. The van der Waals surface area contributed by atoms with Crippen LogP contribution in [0.15, 0.2) is 59.1 Å². The number of rotatable bonds is 7. The van der Waals surface area contributed by atoms with E-state index in [9.17, 15) is 13.2 Å². The minimum Gasteiger partial charge on any atom is -0.348 e. The van der Waals surface area contributed by atoms with Gasteiger partial charge in [-0.15, -0.1) is 0 Å². The van der Waals surface area contributed by atoms with Crippen LogP contribution in [0.1, 0.15) is 24.1 Å². The van der Waals surface area contributed by atoms with E-state index in [4.69, 9.17) is 0 Å². The van der Waals surface area contributed by atoms with Crippen LogP contribution in [0.25, 0.3) is 0 Å². The molecule has 0 bridgehead atoms. The molecule has 0 fully saturated rings. The molecule has 0 aromatic heterocycles. The van der Waals surface area contributed by atoms with Crippen LogP contribution in [0.4, 0.5) is 0 Å². The molecule has 2 aromatic carbocycles. The van der Waals surface area contributed by atoms with Crippen molar-refractivity contribution in [2.75, 3.05) is 12.8 Å². The van der Waals surface area contributed by atoms with E-state index in [0.29, 0.717) is 0 Å². The first-order chi connectivity index (χ1) is 11.8. The summed E-state index contributed by atoms with van der Waals surface area (Å²) in [6.45, 7) is 1.82. The lowest BCUT2D eigenvalue weighted by Crippen LogP contribution is -2.40. The molecule has 7 heteroatoms. The summed E-state index contributed by atoms with van der Waals surface area (Å²) in [7, 11) is -3.50. The number of amides is 1. The normalized spacial score (nSPS) is 12.8. The third-order valence-electron chi connectivity index (χ3n) is 3.74. The Hall–Kier alpha value is -1.70. The van der Waals surface area contributed by atoms with E-state index in [2.05, 4.69) is 21.2 Å². The van der Waals surface area contributed by atoms with Crippen LogP contribution in [0, 0.1) is 0 Å². The fourth-order valence-corrected chi connectivity index (χ4v) is 3.36. The van der Waals surface area contributed by atoms with Crippen molar-refractivity contribution in [3.8, 4) is 0 Å². The van der Waals surface area contributed by atoms with Crippen molar-refractivity contribution in [3.63, 3.8) is 0 Å². The number of nitrogens with one attached hydrogen (secondary N) is 1. The number of benzene rings is 2. The maximum atomic E-state index is 12.3. The van der Waals surface area contributed by atoms with E-state index in [1.807, 2.05) is 61.5 Å². The van der Waals surface area contributed by atoms with Gasteiger partial charge in [0.2, 0.25) is 15.9 Å². The number of hydrogen-bond acceptors (Lipinski definition) is 3. The van der Waals surface area contributed by atoms with Crippen molar-refractivity contribution >= 4 is 31.9 Å². The third kappa shape index (κ3) is 6.26. The summed E-state index contributed by atoms with van der Waals surface area (Å²) < 4.78 is 26.1. The molecule has 0 aliphatic rings. The van der Waals surface area contributed by atoms with Gasteiger partial charge in [-0.2, -0.15) is 4.31 Å². The molecule has 0 spiro atoms. The maximum Gasteiger partial charge on any atom is 0.235 e. The lowest BCUT2D eigenvalue weighted by atomic mass is 10.1. The van der Waals surface area contributed by atoms with E-state index in [1.165, 1.54) is 4.31 Å². The molecule has 2 aromatic rings. The standard InChI is InChI=1S/C18H21BrN2O3S/c1-14(16-8-10-17(19)11-9-16)20-18(22)13-21(25(2,23)24)12-15-6-4-3-5-7-15/h3-11,14H,12-13H2,1-2H3,(H,20,22)/t14-/m0/s1. The van der Waals surface area contributed by atoms with Gasteiger partial charge in [0.1, 0.15) is 0 Å². The molecular formula is C18H21BrN2O3S. The number of sulfonamides is 1. The highest BCUT2D eigenvalue weighted by Crippen LogP contribution is 2.16. The van der Waals surface area contributed by atoms with Crippen molar-refractivity contribution in [2.45, 2.75) is 19.5 Å². The Kier molecular flexibility index (Phi) is 6.75. The second kappa shape index (κ2) is 8.60. The summed E-state index contributed by atoms with van der Waals surface area (Å²) >= 11 is 3.37. The topological polar surface area (TPSA) is 66.5 Å². The Labute approximate surface area is 157 Å². The molecule has 0 aliphatic heterocycles. The largest absolute Gasteiger partial charge is 0.348 e. The average Bonchev–Trinajstić information content (AvgIpc) is 2.55. The fraction of sp³-hybridized carbons (Fsp3) is 0.278. The highest BCUT2D eigenvalue weighted by atomic mass is 79.9. The van der Waals surface area contributed by atoms with E-state index in [-0.39, 0.29) is 25.0 Å². The SMILES string of the molecule is C[C@H](NC(=O)CN(Cc1ccccc1)S(C)(=O)=O)c1ccc(Br)cc1. The Bertz CT molecular complexity index is 808. The molecule has 1 N–H and O–H groups in total. The van der Waals surface area contributed by atoms with Gasteiger partial charge in [-0.3, -0.25) is 4.79 Å². The van der Waals surface area contributed by atoms with Crippen molar-refractivity contribution < 1.29 is 13.2 Å². The number of carbonyl (C=O) groups excluding carboxylic acids is 1. The minimum absolute atomic E-state index is 0.166. The lowest BCUT2D eigenvalue weighted by Gasteiger charge is -2.21. The molecule has 5 nitrogen and oxygen atoms in total. The second-order valence-electron chi connectivity index (χ2n) is 5.86. The summed E-state index contributed by atoms with van der Waals surface area (Å²) in [6.07, 6.45) is 1.11. The van der Waals surface area contributed by atoms with Crippen molar-refractivity contribution in [1.29, 1.82) is 0 Å². The Morgan fingerprint density at radius 1 is 1.12 bits per heavy atom. The first-order valence-corrected chi connectivity index (χ1v) is 10.4. The molecule has 134 valence electrons. The van der Waals surface area contributed by atoms with E-state index >= 15 is 0 Å². The van der Waals surface area contributed by atoms with Crippen molar-refractivity contribution in [3.05, 3.63) is 70.2 Å². The molecular weight excluding hydrogens is 404 g/mol. The van der Waals surface area contributed by atoms with Gasteiger partial charge in [-0.25, -0.2) is 8.42 Å². The van der Waals surface area contributed by atoms with Crippen LogP contribution in [-0.4, -0.2) is 31.4 Å². The fourth-order valence-electron chi connectivity index (χ4n) is 2.36. The summed E-state index contributed by atoms with van der Waals surface area (Å²) in [4.78, 5) is 12.3. The molecule has 0 heterocycles. The Morgan fingerprint density at radius 2 is 1.72 bits per heavy atom. The highest BCUT2D eigenvalue weighted by Gasteiger charge is 2.21. The van der Waals surface area contributed by atoms with Gasteiger partial charge in [0.25, 0.3) is 0 Å². The summed E-state index contributed by atoms with van der Waals surface area (Å²) in [6, 6.07) is 16.6. The van der Waals surface area contributed by atoms with Crippen LogP contribution in [0.3, 0.4) is 0 Å².